The van der Waals surface area contributed by atoms with E-state index in [2.05, 4.69) is 36.5 Å². The summed E-state index contributed by atoms with van der Waals surface area (Å²) in [4.78, 5) is 24.8. The molecule has 3 heterocycles. The van der Waals surface area contributed by atoms with Crippen molar-refractivity contribution >= 4 is 5.78 Å². The Hall–Kier alpha value is -3.15. The summed E-state index contributed by atoms with van der Waals surface area (Å²) >= 11 is 0. The van der Waals surface area contributed by atoms with Crippen molar-refractivity contribution in [3.8, 4) is 28.3 Å². The molecular formula is C25H29N3O3. The highest BCUT2D eigenvalue weighted by molar-refractivity contribution is 5.94. The number of rotatable bonds is 3. The maximum absolute atomic E-state index is 12.7. The molecular weight excluding hydrogens is 390 g/mol. The lowest BCUT2D eigenvalue weighted by molar-refractivity contribution is 0.101. The molecule has 0 N–H and O–H groups in total. The SMILES string of the molecule is COc1cc2c(cc1-c1c(C)cnn1C)CC(C(C)(C)C)n1cc(C(C)=O)c(=O)cc1-2. The molecule has 6 nitrogen and oxygen atoms in total. The van der Waals surface area contributed by atoms with Gasteiger partial charge in [-0.3, -0.25) is 14.3 Å². The Morgan fingerprint density at radius 1 is 1.19 bits per heavy atom. The van der Waals surface area contributed by atoms with Crippen LogP contribution in [0.25, 0.3) is 22.5 Å². The molecule has 2 aromatic heterocycles. The highest BCUT2D eigenvalue weighted by Crippen LogP contribution is 2.46. The van der Waals surface area contributed by atoms with Crippen molar-refractivity contribution in [3.05, 3.63) is 57.5 Å². The molecule has 0 radical (unpaired) electrons. The first-order valence-electron chi connectivity index (χ1n) is 10.5. The number of aromatic nitrogens is 3. The van der Waals surface area contributed by atoms with Gasteiger partial charge in [0.25, 0.3) is 0 Å². The zero-order valence-electron chi connectivity index (χ0n) is 19.2. The summed E-state index contributed by atoms with van der Waals surface area (Å²) in [5.41, 5.74) is 5.94. The van der Waals surface area contributed by atoms with Gasteiger partial charge < -0.3 is 9.30 Å². The smallest absolute Gasteiger partial charge is 0.192 e. The van der Waals surface area contributed by atoms with Crippen LogP contribution in [-0.2, 0) is 13.5 Å². The Morgan fingerprint density at radius 3 is 2.45 bits per heavy atom. The number of hydrogen-bond acceptors (Lipinski definition) is 4. The van der Waals surface area contributed by atoms with Gasteiger partial charge in [-0.2, -0.15) is 5.10 Å². The predicted octanol–water partition coefficient (Wildman–Crippen LogP) is 4.58. The van der Waals surface area contributed by atoms with Crippen molar-refractivity contribution < 1.29 is 9.53 Å². The fourth-order valence-electron chi connectivity index (χ4n) is 4.64. The van der Waals surface area contributed by atoms with Crippen molar-refractivity contribution in [1.29, 1.82) is 0 Å². The average Bonchev–Trinajstić information content (AvgIpc) is 3.02. The normalized spacial score (nSPS) is 15.4. The molecule has 0 aliphatic carbocycles. The largest absolute Gasteiger partial charge is 0.496 e. The van der Waals surface area contributed by atoms with Gasteiger partial charge in [-0.25, -0.2) is 0 Å². The third-order valence-electron chi connectivity index (χ3n) is 6.29. The number of carbonyl (C=O) groups is 1. The minimum absolute atomic E-state index is 0.0713. The van der Waals surface area contributed by atoms with Gasteiger partial charge in [-0.1, -0.05) is 20.8 Å². The van der Waals surface area contributed by atoms with Crippen LogP contribution in [-0.4, -0.2) is 27.2 Å². The van der Waals surface area contributed by atoms with E-state index >= 15 is 0 Å². The Kier molecular flexibility index (Phi) is 4.91. The van der Waals surface area contributed by atoms with Crippen molar-refractivity contribution in [2.45, 2.75) is 47.1 Å². The second-order valence-corrected chi connectivity index (χ2v) is 9.50. The van der Waals surface area contributed by atoms with Gasteiger partial charge in [0.15, 0.2) is 11.2 Å². The molecule has 0 saturated carbocycles. The first-order valence-corrected chi connectivity index (χ1v) is 10.5. The van der Waals surface area contributed by atoms with Gasteiger partial charge in [0.1, 0.15) is 5.75 Å². The summed E-state index contributed by atoms with van der Waals surface area (Å²) in [6.45, 7) is 10.0. The lowest BCUT2D eigenvalue weighted by atomic mass is 9.78. The Morgan fingerprint density at radius 2 is 1.90 bits per heavy atom. The number of carbonyl (C=O) groups excluding carboxylic acids is 1. The maximum Gasteiger partial charge on any atom is 0.192 e. The fourth-order valence-corrected chi connectivity index (χ4v) is 4.64. The van der Waals surface area contributed by atoms with Crippen LogP contribution in [0.15, 0.2) is 35.4 Å². The van der Waals surface area contributed by atoms with E-state index in [9.17, 15) is 9.59 Å². The number of nitrogens with zero attached hydrogens (tertiary/aromatic N) is 3. The molecule has 1 aliphatic heterocycles. The number of aryl methyl sites for hydroxylation is 2. The quantitative estimate of drug-likeness (QED) is 0.583. The molecule has 1 aromatic carbocycles. The van der Waals surface area contributed by atoms with Crippen LogP contribution in [0, 0.1) is 12.3 Å². The third kappa shape index (κ3) is 3.40. The lowest BCUT2D eigenvalue weighted by Crippen LogP contribution is -2.32. The summed E-state index contributed by atoms with van der Waals surface area (Å²) in [5.74, 6) is 0.521. The van der Waals surface area contributed by atoms with E-state index in [4.69, 9.17) is 4.74 Å². The van der Waals surface area contributed by atoms with Gasteiger partial charge in [0.05, 0.1) is 30.3 Å². The molecule has 0 fully saturated rings. The Balaban J connectivity index is 2.03. The standard InChI is InChI=1S/C25H29N3O3/c1-14-12-26-27(6)24(14)18-8-16-9-23(25(3,4)5)28-13-19(15(2)29)21(30)11-20(28)17(16)10-22(18)31-7/h8,10-13,23H,9H2,1-7H3. The molecule has 4 rings (SSSR count). The van der Waals surface area contributed by atoms with Crippen molar-refractivity contribution in [2.24, 2.45) is 12.5 Å². The van der Waals surface area contributed by atoms with Crippen molar-refractivity contribution in [3.63, 3.8) is 0 Å². The topological polar surface area (TPSA) is 66.1 Å². The van der Waals surface area contributed by atoms with E-state index in [0.717, 1.165) is 45.8 Å². The van der Waals surface area contributed by atoms with Crippen LogP contribution in [0.2, 0.25) is 0 Å². The lowest BCUT2D eigenvalue weighted by Gasteiger charge is -2.39. The maximum atomic E-state index is 12.7. The second kappa shape index (κ2) is 7.22. The van der Waals surface area contributed by atoms with Crippen LogP contribution in [0.5, 0.6) is 5.75 Å². The number of ether oxygens (including phenoxy) is 1. The molecule has 1 aliphatic rings. The van der Waals surface area contributed by atoms with Gasteiger partial charge in [0, 0.05) is 36.5 Å². The van der Waals surface area contributed by atoms with E-state index in [0.29, 0.717) is 0 Å². The summed E-state index contributed by atoms with van der Waals surface area (Å²) in [6, 6.07) is 5.88. The molecule has 0 spiro atoms. The zero-order valence-corrected chi connectivity index (χ0v) is 19.2. The minimum Gasteiger partial charge on any atom is -0.496 e. The first-order chi connectivity index (χ1) is 14.5. The molecule has 1 atom stereocenters. The number of ketones is 1. The number of benzene rings is 1. The monoisotopic (exact) mass is 419 g/mol. The fraction of sp³-hybridized carbons (Fsp3) is 0.400. The minimum atomic E-state index is -0.246. The molecule has 0 saturated heterocycles. The Labute approximate surface area is 182 Å². The highest BCUT2D eigenvalue weighted by atomic mass is 16.5. The van der Waals surface area contributed by atoms with E-state index in [1.807, 2.05) is 30.9 Å². The highest BCUT2D eigenvalue weighted by Gasteiger charge is 2.34. The summed E-state index contributed by atoms with van der Waals surface area (Å²) in [6.07, 6.45) is 4.38. The number of fused-ring (bicyclic) bond motifs is 3. The summed E-state index contributed by atoms with van der Waals surface area (Å²) < 4.78 is 9.73. The number of methoxy groups -OCH3 is 1. The molecule has 3 aromatic rings. The molecule has 6 heteroatoms. The molecule has 162 valence electrons. The third-order valence-corrected chi connectivity index (χ3v) is 6.29. The number of Topliss-reactive ketones (excluding diaryl/α,β-unsaturated/α-hetero) is 1. The zero-order chi connectivity index (χ0) is 22.7. The predicted molar refractivity (Wildman–Crippen MR) is 122 cm³/mol. The van der Waals surface area contributed by atoms with Crippen molar-refractivity contribution in [1.82, 2.24) is 14.3 Å². The number of pyridine rings is 1. The van der Waals surface area contributed by atoms with Gasteiger partial charge in [0.2, 0.25) is 0 Å². The second-order valence-electron chi connectivity index (χ2n) is 9.50. The summed E-state index contributed by atoms with van der Waals surface area (Å²) in [5, 5.41) is 4.39. The van der Waals surface area contributed by atoms with Gasteiger partial charge in [-0.05, 0) is 48.9 Å². The van der Waals surface area contributed by atoms with Crippen LogP contribution in [0.3, 0.4) is 0 Å². The molecule has 0 bridgehead atoms. The van der Waals surface area contributed by atoms with Crippen LogP contribution < -0.4 is 10.2 Å². The van der Waals surface area contributed by atoms with Crippen LogP contribution >= 0.6 is 0 Å². The van der Waals surface area contributed by atoms with Crippen LogP contribution in [0.1, 0.15) is 55.2 Å². The van der Waals surface area contributed by atoms with Gasteiger partial charge >= 0.3 is 0 Å². The average molecular weight is 420 g/mol. The molecule has 0 amide bonds. The van der Waals surface area contributed by atoms with E-state index in [1.54, 1.807) is 19.4 Å². The van der Waals surface area contributed by atoms with Crippen molar-refractivity contribution in [2.75, 3.05) is 7.11 Å². The van der Waals surface area contributed by atoms with Crippen LogP contribution in [0.4, 0.5) is 0 Å². The van der Waals surface area contributed by atoms with E-state index in [-0.39, 0.29) is 28.2 Å². The van der Waals surface area contributed by atoms with E-state index < -0.39 is 0 Å². The molecule has 31 heavy (non-hydrogen) atoms. The number of hydrogen-bond donors (Lipinski definition) is 0. The summed E-state index contributed by atoms with van der Waals surface area (Å²) in [7, 11) is 3.58. The van der Waals surface area contributed by atoms with Gasteiger partial charge in [-0.15, -0.1) is 0 Å². The van der Waals surface area contributed by atoms with E-state index in [1.165, 1.54) is 6.92 Å². The first kappa shape index (κ1) is 21.1. The molecule has 1 unspecified atom stereocenters. The Bertz CT molecular complexity index is 1240.